The molecule has 4 rings (SSSR count). The number of primary sulfonamides is 1. The molecule has 156 valence electrons. The van der Waals surface area contributed by atoms with Crippen molar-refractivity contribution in [3.05, 3.63) is 65.2 Å². The normalized spacial score (nSPS) is 14.0. The van der Waals surface area contributed by atoms with Crippen LogP contribution in [-0.4, -0.2) is 24.1 Å². The zero-order valence-electron chi connectivity index (χ0n) is 15.7. The third-order valence-electron chi connectivity index (χ3n) is 4.76. The molecule has 2 aromatic carbocycles. The maximum atomic E-state index is 13.9. The Morgan fingerprint density at radius 1 is 1.27 bits per heavy atom. The highest BCUT2D eigenvalue weighted by Gasteiger charge is 2.25. The molecule has 0 atom stereocenters. The van der Waals surface area contributed by atoms with Crippen molar-refractivity contribution in [2.45, 2.75) is 30.2 Å². The Balaban J connectivity index is 1.59. The number of amides is 1. The first kappa shape index (κ1) is 20.5. The van der Waals surface area contributed by atoms with Gasteiger partial charge in [0.05, 0.1) is 23.6 Å². The summed E-state index contributed by atoms with van der Waals surface area (Å²) in [4.78, 5) is 12.2. The molecule has 0 bridgehead atoms. The Hall–Kier alpha value is -2.75. The molecule has 30 heavy (non-hydrogen) atoms. The molecule has 1 fully saturated rings. The van der Waals surface area contributed by atoms with Crippen molar-refractivity contribution in [1.82, 2.24) is 9.78 Å². The van der Waals surface area contributed by atoms with Gasteiger partial charge in [0, 0.05) is 28.0 Å². The van der Waals surface area contributed by atoms with Crippen molar-refractivity contribution in [1.29, 1.82) is 0 Å². The van der Waals surface area contributed by atoms with Gasteiger partial charge >= 0.3 is 0 Å². The quantitative estimate of drug-likeness (QED) is 0.601. The minimum Gasteiger partial charge on any atom is -0.326 e. The van der Waals surface area contributed by atoms with Gasteiger partial charge in [-0.05, 0) is 48.7 Å². The summed E-state index contributed by atoms with van der Waals surface area (Å²) in [5.74, 6) is -1.08. The van der Waals surface area contributed by atoms with E-state index in [-0.39, 0.29) is 22.6 Å². The summed E-state index contributed by atoms with van der Waals surface area (Å²) in [6.45, 7) is 0. The Labute approximate surface area is 177 Å². The molecule has 7 nitrogen and oxygen atoms in total. The van der Waals surface area contributed by atoms with E-state index in [1.165, 1.54) is 24.3 Å². The summed E-state index contributed by atoms with van der Waals surface area (Å²) < 4.78 is 40.0. The minimum atomic E-state index is -4.07. The predicted molar refractivity (Wildman–Crippen MR) is 111 cm³/mol. The number of benzene rings is 2. The van der Waals surface area contributed by atoms with Gasteiger partial charge in [-0.3, -0.25) is 9.48 Å². The second-order valence-electron chi connectivity index (χ2n) is 7.16. The van der Waals surface area contributed by atoms with E-state index in [1.807, 2.05) is 0 Å². The Bertz CT molecular complexity index is 1240. The fourth-order valence-corrected chi connectivity index (χ4v) is 4.13. The average Bonchev–Trinajstić information content (AvgIpc) is 3.41. The molecule has 1 aromatic heterocycles. The topological polar surface area (TPSA) is 107 Å². The van der Waals surface area contributed by atoms with E-state index in [1.54, 1.807) is 29.2 Å². The van der Waals surface area contributed by atoms with Gasteiger partial charge < -0.3 is 5.32 Å². The lowest BCUT2D eigenvalue weighted by molar-refractivity contribution is -0.115. The molecule has 0 saturated heterocycles. The molecule has 3 aromatic rings. The van der Waals surface area contributed by atoms with Crippen LogP contribution in [0.25, 0.3) is 11.1 Å². The number of sulfonamides is 1. The first-order valence-electron chi connectivity index (χ1n) is 9.16. The highest BCUT2D eigenvalue weighted by Crippen LogP contribution is 2.36. The fourth-order valence-electron chi connectivity index (χ4n) is 3.15. The number of halogens is 2. The summed E-state index contributed by atoms with van der Waals surface area (Å²) in [6.07, 6.45) is 5.19. The van der Waals surface area contributed by atoms with Gasteiger partial charge in [-0.25, -0.2) is 17.9 Å². The number of nitrogens with two attached hydrogens (primary N) is 1. The monoisotopic (exact) mass is 448 g/mol. The van der Waals surface area contributed by atoms with Crippen LogP contribution in [0, 0.1) is 5.82 Å². The molecular weight excluding hydrogens is 431 g/mol. The van der Waals surface area contributed by atoms with Gasteiger partial charge in [0.1, 0.15) is 5.82 Å². The summed E-state index contributed by atoms with van der Waals surface area (Å²) in [5, 5.41) is 12.6. The zero-order valence-corrected chi connectivity index (χ0v) is 17.3. The number of nitrogens with one attached hydrogen (secondary N) is 1. The van der Waals surface area contributed by atoms with Crippen molar-refractivity contribution in [3.63, 3.8) is 0 Å². The van der Waals surface area contributed by atoms with Crippen LogP contribution in [-0.2, 0) is 21.2 Å². The lowest BCUT2D eigenvalue weighted by Gasteiger charge is -2.11. The number of aromatic nitrogens is 2. The smallest absolute Gasteiger partial charge is 0.238 e. The number of rotatable bonds is 6. The van der Waals surface area contributed by atoms with Gasteiger partial charge in [0.2, 0.25) is 15.9 Å². The Morgan fingerprint density at radius 2 is 2.03 bits per heavy atom. The van der Waals surface area contributed by atoms with Gasteiger partial charge in [0.15, 0.2) is 0 Å². The molecule has 0 aliphatic heterocycles. The summed E-state index contributed by atoms with van der Waals surface area (Å²) >= 11 is 5.85. The SMILES string of the molecule is NS(=O)(=O)c1cc(NC(=O)Cc2cc(Cl)ccc2F)ccc1-c1cnn(C2CC2)c1. The summed E-state index contributed by atoms with van der Waals surface area (Å²) in [7, 11) is -4.07. The molecule has 0 radical (unpaired) electrons. The number of anilines is 1. The molecule has 1 aliphatic rings. The van der Waals surface area contributed by atoms with Gasteiger partial charge in [-0.1, -0.05) is 17.7 Å². The van der Waals surface area contributed by atoms with Crippen LogP contribution in [0.15, 0.2) is 53.7 Å². The third-order valence-corrected chi connectivity index (χ3v) is 5.95. The minimum absolute atomic E-state index is 0.135. The number of hydrogen-bond acceptors (Lipinski definition) is 4. The van der Waals surface area contributed by atoms with E-state index in [2.05, 4.69) is 10.4 Å². The largest absolute Gasteiger partial charge is 0.326 e. The zero-order chi connectivity index (χ0) is 21.5. The van der Waals surface area contributed by atoms with E-state index >= 15 is 0 Å². The second-order valence-corrected chi connectivity index (χ2v) is 9.12. The Morgan fingerprint density at radius 3 is 2.73 bits per heavy atom. The van der Waals surface area contributed by atoms with Crippen molar-refractivity contribution < 1.29 is 17.6 Å². The van der Waals surface area contributed by atoms with Crippen LogP contribution >= 0.6 is 11.6 Å². The molecule has 1 saturated carbocycles. The second kappa shape index (κ2) is 7.82. The number of carbonyl (C=O) groups excluding carboxylic acids is 1. The highest BCUT2D eigenvalue weighted by atomic mass is 35.5. The summed E-state index contributed by atoms with van der Waals surface area (Å²) in [5.41, 5.74) is 1.37. The van der Waals surface area contributed by atoms with Crippen molar-refractivity contribution in [3.8, 4) is 11.1 Å². The van der Waals surface area contributed by atoms with Crippen LogP contribution in [0.5, 0.6) is 0 Å². The molecule has 10 heteroatoms. The lowest BCUT2D eigenvalue weighted by Crippen LogP contribution is -2.17. The number of nitrogens with zero attached hydrogens (tertiary/aromatic N) is 2. The van der Waals surface area contributed by atoms with Crippen molar-refractivity contribution in [2.24, 2.45) is 5.14 Å². The van der Waals surface area contributed by atoms with Gasteiger partial charge in [-0.2, -0.15) is 5.10 Å². The Kier molecular flexibility index (Phi) is 5.35. The number of hydrogen-bond donors (Lipinski definition) is 2. The molecule has 0 unspecified atom stereocenters. The molecule has 3 N–H and O–H groups in total. The van der Waals surface area contributed by atoms with Crippen LogP contribution in [0.2, 0.25) is 5.02 Å². The standard InChI is InChI=1S/C20H18ClFN4O3S/c21-14-1-6-18(22)12(7-14)8-20(27)25-15-2-5-17(19(9-15)30(23,28)29)13-10-24-26(11-13)16-3-4-16/h1-2,5-7,9-11,16H,3-4,8H2,(H,25,27)(H2,23,28,29). The van der Waals surface area contributed by atoms with Gasteiger partial charge in [0.25, 0.3) is 0 Å². The molecule has 1 heterocycles. The third kappa shape index (κ3) is 4.53. The fraction of sp³-hybridized carbons (Fsp3) is 0.200. The van der Waals surface area contributed by atoms with E-state index < -0.39 is 21.7 Å². The lowest BCUT2D eigenvalue weighted by atomic mass is 10.1. The highest BCUT2D eigenvalue weighted by molar-refractivity contribution is 7.89. The van der Waals surface area contributed by atoms with Crippen LogP contribution in [0.1, 0.15) is 24.4 Å². The van der Waals surface area contributed by atoms with E-state index in [0.29, 0.717) is 22.2 Å². The van der Waals surface area contributed by atoms with Crippen LogP contribution in [0.4, 0.5) is 10.1 Å². The van der Waals surface area contributed by atoms with E-state index in [4.69, 9.17) is 16.7 Å². The van der Waals surface area contributed by atoms with E-state index in [9.17, 15) is 17.6 Å². The maximum Gasteiger partial charge on any atom is 0.238 e. The molecule has 0 spiro atoms. The van der Waals surface area contributed by atoms with Crippen LogP contribution < -0.4 is 10.5 Å². The maximum absolute atomic E-state index is 13.9. The van der Waals surface area contributed by atoms with Crippen molar-refractivity contribution >= 4 is 33.2 Å². The van der Waals surface area contributed by atoms with E-state index in [0.717, 1.165) is 12.8 Å². The number of carbonyl (C=O) groups is 1. The molecular formula is C20H18ClFN4O3S. The first-order chi connectivity index (χ1) is 14.2. The molecule has 1 amide bonds. The van der Waals surface area contributed by atoms with Crippen molar-refractivity contribution in [2.75, 3.05) is 5.32 Å². The average molecular weight is 449 g/mol. The first-order valence-corrected chi connectivity index (χ1v) is 11.1. The van der Waals surface area contributed by atoms with Gasteiger partial charge in [-0.15, -0.1) is 0 Å². The van der Waals surface area contributed by atoms with Crippen LogP contribution in [0.3, 0.4) is 0 Å². The predicted octanol–water partition coefficient (Wildman–Crippen LogP) is 3.51. The summed E-state index contributed by atoms with van der Waals surface area (Å²) in [6, 6.07) is 8.69. The molecule has 1 aliphatic carbocycles.